The fourth-order valence-corrected chi connectivity index (χ4v) is 3.39. The van der Waals surface area contributed by atoms with E-state index in [-0.39, 0.29) is 6.10 Å². The lowest BCUT2D eigenvalue weighted by atomic mass is 9.79. The standard InChI is InChI=1S/C18H21NO/c1-12-8-13(2)10-16(9-12)18(20)15-5-6-17-14(11-15)4-3-7-19-17/h3-8,11-12,16,18,20H,9-10H2,1-2H3. The Morgan fingerprint density at radius 3 is 2.95 bits per heavy atom. The zero-order chi connectivity index (χ0) is 14.1. The van der Waals surface area contributed by atoms with E-state index in [1.165, 1.54) is 5.57 Å². The SMILES string of the molecule is CC1=CC(C)CC(C(O)c2ccc3ncccc3c2)C1. The quantitative estimate of drug-likeness (QED) is 0.825. The molecule has 0 spiro atoms. The van der Waals surface area contributed by atoms with E-state index in [1.807, 2.05) is 24.3 Å². The van der Waals surface area contributed by atoms with Crippen molar-refractivity contribution in [1.29, 1.82) is 0 Å². The van der Waals surface area contributed by atoms with Gasteiger partial charge in [0.2, 0.25) is 0 Å². The van der Waals surface area contributed by atoms with Gasteiger partial charge in [-0.1, -0.05) is 30.7 Å². The first kappa shape index (κ1) is 13.3. The van der Waals surface area contributed by atoms with Gasteiger partial charge in [0.1, 0.15) is 0 Å². The van der Waals surface area contributed by atoms with Crippen LogP contribution in [0.3, 0.4) is 0 Å². The minimum Gasteiger partial charge on any atom is -0.388 e. The van der Waals surface area contributed by atoms with Gasteiger partial charge in [-0.15, -0.1) is 0 Å². The summed E-state index contributed by atoms with van der Waals surface area (Å²) in [4.78, 5) is 4.33. The van der Waals surface area contributed by atoms with Crippen LogP contribution in [0, 0.1) is 11.8 Å². The van der Waals surface area contributed by atoms with Gasteiger partial charge in [-0.05, 0) is 55.4 Å². The van der Waals surface area contributed by atoms with Crippen molar-refractivity contribution in [3.05, 3.63) is 53.7 Å². The highest BCUT2D eigenvalue weighted by molar-refractivity contribution is 5.79. The summed E-state index contributed by atoms with van der Waals surface area (Å²) >= 11 is 0. The van der Waals surface area contributed by atoms with Gasteiger partial charge in [0, 0.05) is 11.6 Å². The summed E-state index contributed by atoms with van der Waals surface area (Å²) < 4.78 is 0. The Balaban J connectivity index is 1.88. The lowest BCUT2D eigenvalue weighted by Gasteiger charge is -2.29. The van der Waals surface area contributed by atoms with E-state index >= 15 is 0 Å². The number of fused-ring (bicyclic) bond motifs is 1. The van der Waals surface area contributed by atoms with Crippen molar-refractivity contribution < 1.29 is 5.11 Å². The molecule has 2 nitrogen and oxygen atoms in total. The number of aliphatic hydroxyl groups is 1. The smallest absolute Gasteiger partial charge is 0.0821 e. The molecular formula is C18H21NO. The molecule has 104 valence electrons. The summed E-state index contributed by atoms with van der Waals surface area (Å²) in [5, 5.41) is 11.8. The molecule has 2 heteroatoms. The zero-order valence-corrected chi connectivity index (χ0v) is 12.1. The van der Waals surface area contributed by atoms with Gasteiger partial charge in [-0.3, -0.25) is 4.98 Å². The second-order valence-corrected chi connectivity index (χ2v) is 6.09. The molecule has 0 bridgehead atoms. The van der Waals surface area contributed by atoms with Crippen molar-refractivity contribution in [2.45, 2.75) is 32.8 Å². The molecule has 1 N–H and O–H groups in total. The van der Waals surface area contributed by atoms with Crippen LogP contribution in [0.2, 0.25) is 0 Å². The molecule has 3 rings (SSSR count). The Labute approximate surface area is 120 Å². The first-order valence-electron chi connectivity index (χ1n) is 7.33. The van der Waals surface area contributed by atoms with Gasteiger partial charge in [0.05, 0.1) is 11.6 Å². The molecule has 3 unspecified atom stereocenters. The number of hydrogen-bond acceptors (Lipinski definition) is 2. The number of aliphatic hydroxyl groups excluding tert-OH is 1. The van der Waals surface area contributed by atoms with E-state index in [4.69, 9.17) is 0 Å². The van der Waals surface area contributed by atoms with Crippen LogP contribution in [0.1, 0.15) is 38.4 Å². The molecule has 2 aromatic rings. The molecule has 1 aliphatic rings. The van der Waals surface area contributed by atoms with Gasteiger partial charge < -0.3 is 5.11 Å². The minimum atomic E-state index is -0.384. The first-order chi connectivity index (χ1) is 9.63. The van der Waals surface area contributed by atoms with Crippen LogP contribution in [0.25, 0.3) is 10.9 Å². The predicted molar refractivity (Wildman–Crippen MR) is 82.3 cm³/mol. The van der Waals surface area contributed by atoms with E-state index in [1.54, 1.807) is 6.20 Å². The average molecular weight is 267 g/mol. The van der Waals surface area contributed by atoms with Crippen LogP contribution < -0.4 is 0 Å². The second-order valence-electron chi connectivity index (χ2n) is 6.09. The summed E-state index contributed by atoms with van der Waals surface area (Å²) in [5.74, 6) is 0.884. The predicted octanol–water partition coefficient (Wildman–Crippen LogP) is 4.26. The first-order valence-corrected chi connectivity index (χ1v) is 7.33. The van der Waals surface area contributed by atoms with E-state index in [2.05, 4.69) is 31.0 Å². The van der Waals surface area contributed by atoms with Gasteiger partial charge in [-0.2, -0.15) is 0 Å². The third-order valence-electron chi connectivity index (χ3n) is 4.24. The fourth-order valence-electron chi connectivity index (χ4n) is 3.39. The van der Waals surface area contributed by atoms with Crippen molar-refractivity contribution >= 4 is 10.9 Å². The molecule has 20 heavy (non-hydrogen) atoms. The van der Waals surface area contributed by atoms with Crippen LogP contribution in [-0.2, 0) is 0 Å². The van der Waals surface area contributed by atoms with E-state index < -0.39 is 0 Å². The van der Waals surface area contributed by atoms with Crippen molar-refractivity contribution in [2.75, 3.05) is 0 Å². The summed E-state index contributed by atoms with van der Waals surface area (Å²) in [7, 11) is 0. The van der Waals surface area contributed by atoms with Crippen molar-refractivity contribution in [3.8, 4) is 0 Å². The second kappa shape index (κ2) is 5.37. The number of nitrogens with zero attached hydrogens (tertiary/aromatic N) is 1. The van der Waals surface area contributed by atoms with Gasteiger partial charge >= 0.3 is 0 Å². The zero-order valence-electron chi connectivity index (χ0n) is 12.1. The fraction of sp³-hybridized carbons (Fsp3) is 0.389. The molecular weight excluding hydrogens is 246 g/mol. The van der Waals surface area contributed by atoms with E-state index in [0.717, 1.165) is 29.3 Å². The Morgan fingerprint density at radius 2 is 2.15 bits per heavy atom. The molecule has 0 aliphatic heterocycles. The third kappa shape index (κ3) is 2.61. The van der Waals surface area contributed by atoms with Crippen molar-refractivity contribution in [3.63, 3.8) is 0 Å². The highest BCUT2D eigenvalue weighted by atomic mass is 16.3. The highest BCUT2D eigenvalue weighted by Crippen LogP contribution is 2.37. The number of pyridine rings is 1. The Kier molecular flexibility index (Phi) is 3.58. The molecule has 0 fully saturated rings. The lowest BCUT2D eigenvalue weighted by Crippen LogP contribution is -2.19. The molecule has 1 aromatic heterocycles. The number of aromatic nitrogens is 1. The summed E-state index contributed by atoms with van der Waals surface area (Å²) in [6.07, 6.45) is 5.80. The van der Waals surface area contributed by atoms with Gasteiger partial charge in [-0.25, -0.2) is 0 Å². The van der Waals surface area contributed by atoms with Crippen molar-refractivity contribution in [2.24, 2.45) is 11.8 Å². The summed E-state index contributed by atoms with van der Waals surface area (Å²) in [6.45, 7) is 4.40. The normalized spacial score (nSPS) is 24.4. The van der Waals surface area contributed by atoms with E-state index in [0.29, 0.717) is 11.8 Å². The molecule has 3 atom stereocenters. The maximum absolute atomic E-state index is 10.7. The molecule has 1 heterocycles. The summed E-state index contributed by atoms with van der Waals surface area (Å²) in [5.41, 5.74) is 3.39. The number of rotatable bonds is 2. The topological polar surface area (TPSA) is 33.1 Å². The van der Waals surface area contributed by atoms with E-state index in [9.17, 15) is 5.11 Å². The third-order valence-corrected chi connectivity index (χ3v) is 4.24. The molecule has 0 radical (unpaired) electrons. The van der Waals surface area contributed by atoms with Crippen LogP contribution in [0.5, 0.6) is 0 Å². The largest absolute Gasteiger partial charge is 0.388 e. The Morgan fingerprint density at radius 1 is 1.30 bits per heavy atom. The van der Waals surface area contributed by atoms with Gasteiger partial charge in [0.25, 0.3) is 0 Å². The number of benzene rings is 1. The number of allylic oxidation sites excluding steroid dienone is 2. The maximum atomic E-state index is 10.7. The highest BCUT2D eigenvalue weighted by Gasteiger charge is 2.26. The molecule has 1 aliphatic carbocycles. The molecule has 0 saturated carbocycles. The van der Waals surface area contributed by atoms with Crippen LogP contribution in [0.4, 0.5) is 0 Å². The molecule has 0 saturated heterocycles. The Hall–Kier alpha value is -1.67. The maximum Gasteiger partial charge on any atom is 0.0821 e. The number of hydrogen-bond donors (Lipinski definition) is 1. The van der Waals surface area contributed by atoms with Crippen molar-refractivity contribution in [1.82, 2.24) is 4.98 Å². The van der Waals surface area contributed by atoms with Crippen LogP contribution in [0.15, 0.2) is 48.2 Å². The van der Waals surface area contributed by atoms with Crippen LogP contribution in [-0.4, -0.2) is 10.1 Å². The molecule has 1 aromatic carbocycles. The van der Waals surface area contributed by atoms with Crippen LogP contribution >= 0.6 is 0 Å². The Bertz CT molecular complexity index is 647. The van der Waals surface area contributed by atoms with Gasteiger partial charge in [0.15, 0.2) is 0 Å². The molecule has 0 amide bonds. The minimum absolute atomic E-state index is 0.323. The lowest BCUT2D eigenvalue weighted by molar-refractivity contribution is 0.0934. The summed E-state index contributed by atoms with van der Waals surface area (Å²) in [6, 6.07) is 10.1. The average Bonchev–Trinajstić information content (AvgIpc) is 2.45. The monoisotopic (exact) mass is 267 g/mol.